The van der Waals surface area contributed by atoms with Crippen LogP contribution in [0.25, 0.3) is 5.65 Å². The maximum atomic E-state index is 12.2. The average Bonchev–Trinajstić information content (AvgIpc) is 2.47. The van der Waals surface area contributed by atoms with E-state index in [0.29, 0.717) is 16.9 Å². The van der Waals surface area contributed by atoms with Crippen molar-refractivity contribution in [1.29, 1.82) is 0 Å². The molecule has 0 aliphatic rings. The van der Waals surface area contributed by atoms with Crippen LogP contribution in [0.4, 0.5) is 4.79 Å². The third-order valence-corrected chi connectivity index (χ3v) is 3.33. The molecule has 2 aromatic rings. The van der Waals surface area contributed by atoms with Crippen LogP contribution in [0.1, 0.15) is 11.3 Å². The lowest BCUT2D eigenvalue weighted by Crippen LogP contribution is -2.28. The second-order valence-electron chi connectivity index (χ2n) is 4.29. The monoisotopic (exact) mass is 355 g/mol. The number of rotatable bonds is 4. The number of aliphatic hydroxyl groups is 1. The molecule has 2 aromatic heterocycles. The highest BCUT2D eigenvalue weighted by molar-refractivity contribution is 9.10. The second-order valence-corrected chi connectivity index (χ2v) is 5.20. The molecule has 2 heterocycles. The number of ether oxygens (including phenoxy) is 1. The molecule has 0 atom stereocenters. The maximum absolute atomic E-state index is 12.2. The lowest BCUT2D eigenvalue weighted by atomic mass is 10.2. The van der Waals surface area contributed by atoms with Gasteiger partial charge in [-0.05, 0) is 19.1 Å². The minimum atomic E-state index is -0.667. The Labute approximate surface area is 128 Å². The van der Waals surface area contributed by atoms with E-state index >= 15 is 0 Å². The molecular formula is C13H14BrN3O4. The number of alkyl carbamates (subject to hydrolysis) is 1. The third-order valence-electron chi connectivity index (χ3n) is 2.84. The van der Waals surface area contributed by atoms with Crippen molar-refractivity contribution in [3.05, 3.63) is 44.4 Å². The van der Waals surface area contributed by atoms with Gasteiger partial charge in [-0.25, -0.2) is 9.78 Å². The van der Waals surface area contributed by atoms with Crippen LogP contribution < -0.4 is 10.9 Å². The van der Waals surface area contributed by atoms with Gasteiger partial charge in [-0.1, -0.05) is 15.9 Å². The molecular weight excluding hydrogens is 342 g/mol. The summed E-state index contributed by atoms with van der Waals surface area (Å²) in [7, 11) is 0. The fraction of sp³-hybridized carbons (Fsp3) is 0.308. The van der Waals surface area contributed by atoms with Gasteiger partial charge in [0.2, 0.25) is 0 Å². The SMILES string of the molecule is Cc1c(COC(=O)NCCO)nc2cc(Br)ccn2c1=O. The number of nitrogens with one attached hydrogen (secondary N) is 1. The molecule has 8 heteroatoms. The standard InChI is InChI=1S/C13H14BrN3O4/c1-8-10(7-21-13(20)15-3-5-18)16-11-6-9(14)2-4-17(11)12(8)19/h2,4,6,18H,3,5,7H2,1H3,(H,15,20). The number of hydrogen-bond donors (Lipinski definition) is 2. The lowest BCUT2D eigenvalue weighted by molar-refractivity contribution is 0.135. The van der Waals surface area contributed by atoms with Gasteiger partial charge in [0.15, 0.2) is 0 Å². The van der Waals surface area contributed by atoms with Crippen molar-refractivity contribution in [2.45, 2.75) is 13.5 Å². The van der Waals surface area contributed by atoms with Crippen LogP contribution in [0, 0.1) is 6.92 Å². The number of nitrogens with zero attached hydrogens (tertiary/aromatic N) is 2. The topological polar surface area (TPSA) is 92.9 Å². The molecule has 0 spiro atoms. The van der Waals surface area contributed by atoms with Crippen LogP contribution in [0.2, 0.25) is 0 Å². The fourth-order valence-electron chi connectivity index (χ4n) is 1.73. The Bertz CT molecular complexity index is 729. The predicted octanol–water partition coefficient (Wildman–Crippen LogP) is 0.984. The summed E-state index contributed by atoms with van der Waals surface area (Å²) >= 11 is 3.32. The molecule has 0 unspecified atom stereocenters. The normalized spacial score (nSPS) is 10.6. The van der Waals surface area contributed by atoms with Gasteiger partial charge in [-0.15, -0.1) is 0 Å². The van der Waals surface area contributed by atoms with Crippen molar-refractivity contribution in [2.75, 3.05) is 13.2 Å². The summed E-state index contributed by atoms with van der Waals surface area (Å²) in [5.41, 5.74) is 1.08. The first-order valence-electron chi connectivity index (χ1n) is 6.22. The lowest BCUT2D eigenvalue weighted by Gasteiger charge is -2.09. The van der Waals surface area contributed by atoms with E-state index < -0.39 is 6.09 Å². The van der Waals surface area contributed by atoms with Crippen LogP contribution in [0.5, 0.6) is 0 Å². The summed E-state index contributed by atoms with van der Waals surface area (Å²) in [5, 5.41) is 10.9. The number of fused-ring (bicyclic) bond motifs is 1. The minimum absolute atomic E-state index is 0.110. The van der Waals surface area contributed by atoms with E-state index in [1.807, 2.05) is 0 Å². The van der Waals surface area contributed by atoms with Gasteiger partial charge in [0.25, 0.3) is 5.56 Å². The Morgan fingerprint density at radius 1 is 1.57 bits per heavy atom. The fourth-order valence-corrected chi connectivity index (χ4v) is 2.05. The van der Waals surface area contributed by atoms with Crippen molar-refractivity contribution < 1.29 is 14.6 Å². The van der Waals surface area contributed by atoms with Gasteiger partial charge in [-0.2, -0.15) is 0 Å². The molecule has 0 saturated heterocycles. The number of aromatic nitrogens is 2. The highest BCUT2D eigenvalue weighted by Crippen LogP contribution is 2.12. The molecule has 0 saturated carbocycles. The van der Waals surface area contributed by atoms with E-state index in [2.05, 4.69) is 26.2 Å². The number of halogens is 1. The summed E-state index contributed by atoms with van der Waals surface area (Å²) < 4.78 is 7.18. The number of hydrogen-bond acceptors (Lipinski definition) is 5. The van der Waals surface area contributed by atoms with Crippen LogP contribution >= 0.6 is 15.9 Å². The molecule has 21 heavy (non-hydrogen) atoms. The van der Waals surface area contributed by atoms with Gasteiger partial charge in [0.1, 0.15) is 12.3 Å². The zero-order valence-corrected chi connectivity index (χ0v) is 12.9. The molecule has 0 aliphatic carbocycles. The Hall–Kier alpha value is -1.93. The smallest absolute Gasteiger partial charge is 0.407 e. The predicted molar refractivity (Wildman–Crippen MR) is 79.2 cm³/mol. The van der Waals surface area contributed by atoms with Crippen molar-refractivity contribution in [3.63, 3.8) is 0 Å². The van der Waals surface area contributed by atoms with Crippen LogP contribution in [0.3, 0.4) is 0 Å². The molecule has 0 radical (unpaired) electrons. The summed E-state index contributed by atoms with van der Waals surface area (Å²) in [6.45, 7) is 1.46. The van der Waals surface area contributed by atoms with Crippen molar-refractivity contribution in [3.8, 4) is 0 Å². The Balaban J connectivity index is 2.26. The van der Waals surface area contributed by atoms with E-state index in [1.165, 1.54) is 4.40 Å². The average molecular weight is 356 g/mol. The highest BCUT2D eigenvalue weighted by atomic mass is 79.9. The van der Waals surface area contributed by atoms with Crippen LogP contribution in [-0.4, -0.2) is 33.7 Å². The van der Waals surface area contributed by atoms with Crippen molar-refractivity contribution in [1.82, 2.24) is 14.7 Å². The summed E-state index contributed by atoms with van der Waals surface area (Å²) in [4.78, 5) is 27.8. The molecule has 112 valence electrons. The highest BCUT2D eigenvalue weighted by Gasteiger charge is 2.11. The van der Waals surface area contributed by atoms with Crippen molar-refractivity contribution >= 4 is 27.7 Å². The molecule has 2 N–H and O–H groups in total. The first kappa shape index (κ1) is 15.5. The Morgan fingerprint density at radius 2 is 2.33 bits per heavy atom. The van der Waals surface area contributed by atoms with Crippen LogP contribution in [0.15, 0.2) is 27.6 Å². The summed E-state index contributed by atoms with van der Waals surface area (Å²) in [6.07, 6.45) is 0.958. The molecule has 1 amide bonds. The number of aliphatic hydroxyl groups excluding tert-OH is 1. The molecule has 2 rings (SSSR count). The first-order chi connectivity index (χ1) is 10.0. The quantitative estimate of drug-likeness (QED) is 0.852. The molecule has 0 fully saturated rings. The van der Waals surface area contributed by atoms with Gasteiger partial charge < -0.3 is 15.2 Å². The molecule has 7 nitrogen and oxygen atoms in total. The Kier molecular flexibility index (Phi) is 4.92. The van der Waals surface area contributed by atoms with Gasteiger partial charge in [0, 0.05) is 22.8 Å². The first-order valence-corrected chi connectivity index (χ1v) is 7.01. The van der Waals surface area contributed by atoms with E-state index in [0.717, 1.165) is 4.47 Å². The third kappa shape index (κ3) is 3.59. The van der Waals surface area contributed by atoms with E-state index in [4.69, 9.17) is 9.84 Å². The van der Waals surface area contributed by atoms with Gasteiger partial charge in [-0.3, -0.25) is 9.20 Å². The number of carbonyl (C=O) groups is 1. The minimum Gasteiger partial charge on any atom is -0.443 e. The van der Waals surface area contributed by atoms with E-state index in [9.17, 15) is 9.59 Å². The molecule has 0 aliphatic heterocycles. The maximum Gasteiger partial charge on any atom is 0.407 e. The largest absolute Gasteiger partial charge is 0.443 e. The van der Waals surface area contributed by atoms with Gasteiger partial charge >= 0.3 is 6.09 Å². The van der Waals surface area contributed by atoms with E-state index in [-0.39, 0.29) is 25.3 Å². The summed E-state index contributed by atoms with van der Waals surface area (Å²) in [6, 6.07) is 3.45. The van der Waals surface area contributed by atoms with Crippen LogP contribution in [-0.2, 0) is 11.3 Å². The zero-order chi connectivity index (χ0) is 15.4. The van der Waals surface area contributed by atoms with E-state index in [1.54, 1.807) is 25.3 Å². The zero-order valence-electron chi connectivity index (χ0n) is 11.3. The second kappa shape index (κ2) is 6.68. The molecule has 0 aromatic carbocycles. The number of pyridine rings is 1. The Morgan fingerprint density at radius 3 is 3.05 bits per heavy atom. The number of amides is 1. The van der Waals surface area contributed by atoms with Crippen molar-refractivity contribution in [2.24, 2.45) is 0 Å². The molecule has 0 bridgehead atoms. The van der Waals surface area contributed by atoms with Gasteiger partial charge in [0.05, 0.1) is 12.3 Å². The number of carbonyl (C=O) groups excluding carboxylic acids is 1. The summed E-state index contributed by atoms with van der Waals surface area (Å²) in [5.74, 6) is 0.